The summed E-state index contributed by atoms with van der Waals surface area (Å²) in [5, 5.41) is 0.865. The van der Waals surface area contributed by atoms with Crippen molar-refractivity contribution in [3.05, 3.63) is 36.2 Å². The van der Waals surface area contributed by atoms with E-state index in [0.29, 0.717) is 5.82 Å². The van der Waals surface area contributed by atoms with Gasteiger partial charge in [0.1, 0.15) is 22.4 Å². The molecule has 2 N–H and O–H groups in total. The quantitative estimate of drug-likeness (QED) is 0.849. The van der Waals surface area contributed by atoms with Crippen molar-refractivity contribution < 1.29 is 4.74 Å². The van der Waals surface area contributed by atoms with Gasteiger partial charge in [0.05, 0.1) is 7.11 Å². The second-order valence-corrected chi connectivity index (χ2v) is 5.17. The Labute approximate surface area is 117 Å². The van der Waals surface area contributed by atoms with Crippen molar-refractivity contribution in [2.75, 3.05) is 12.8 Å². The van der Waals surface area contributed by atoms with Crippen LogP contribution in [0, 0.1) is 0 Å². The van der Waals surface area contributed by atoms with Gasteiger partial charge in [-0.3, -0.25) is 0 Å². The number of rotatable bonds is 5. The van der Waals surface area contributed by atoms with E-state index in [1.165, 1.54) is 0 Å². The van der Waals surface area contributed by atoms with Crippen LogP contribution in [-0.2, 0) is 6.42 Å². The predicted molar refractivity (Wildman–Crippen MR) is 77.6 cm³/mol. The van der Waals surface area contributed by atoms with Crippen LogP contribution in [0.4, 0.5) is 5.82 Å². The van der Waals surface area contributed by atoms with Crippen LogP contribution in [0.2, 0.25) is 0 Å². The molecule has 0 aliphatic rings. The number of ether oxygens (including phenoxy) is 1. The lowest BCUT2D eigenvalue weighted by atomic mass is 10.3. The third kappa shape index (κ3) is 3.86. The first kappa shape index (κ1) is 13.7. The van der Waals surface area contributed by atoms with Crippen LogP contribution in [0.5, 0.6) is 5.75 Å². The lowest BCUT2D eigenvalue weighted by Gasteiger charge is -2.06. The average molecular weight is 275 g/mol. The summed E-state index contributed by atoms with van der Waals surface area (Å²) in [6, 6.07) is 9.66. The Morgan fingerprint density at radius 3 is 2.84 bits per heavy atom. The Morgan fingerprint density at radius 1 is 1.26 bits per heavy atom. The van der Waals surface area contributed by atoms with Gasteiger partial charge in [-0.1, -0.05) is 24.8 Å². The molecule has 0 amide bonds. The third-order valence-corrected chi connectivity index (χ3v) is 3.41. The highest BCUT2D eigenvalue weighted by molar-refractivity contribution is 7.99. The average Bonchev–Trinajstić information content (AvgIpc) is 2.38. The smallest absolute Gasteiger partial charge is 0.132 e. The van der Waals surface area contributed by atoms with E-state index >= 15 is 0 Å². The Hall–Kier alpha value is -1.75. The summed E-state index contributed by atoms with van der Waals surface area (Å²) in [6.07, 6.45) is 1.85. The zero-order valence-electron chi connectivity index (χ0n) is 11.1. The summed E-state index contributed by atoms with van der Waals surface area (Å²) in [5.74, 6) is 2.15. The molecule has 0 bridgehead atoms. The molecule has 0 saturated heterocycles. The standard InChI is InChI=1S/C14H17N3OS/c1-3-5-13-16-12(15)9-14(17-13)19-11-7-4-6-10(8-11)18-2/h4,6-9H,3,5H2,1-2H3,(H2,15,16,17). The highest BCUT2D eigenvalue weighted by atomic mass is 32.2. The van der Waals surface area contributed by atoms with Crippen LogP contribution in [0.15, 0.2) is 40.3 Å². The summed E-state index contributed by atoms with van der Waals surface area (Å²) in [7, 11) is 1.66. The van der Waals surface area contributed by atoms with Gasteiger partial charge in [-0.25, -0.2) is 9.97 Å². The zero-order chi connectivity index (χ0) is 13.7. The molecule has 0 radical (unpaired) electrons. The van der Waals surface area contributed by atoms with E-state index in [9.17, 15) is 0 Å². The van der Waals surface area contributed by atoms with Crippen molar-refractivity contribution in [1.29, 1.82) is 0 Å². The molecule has 0 fully saturated rings. The van der Waals surface area contributed by atoms with Crippen LogP contribution in [0.3, 0.4) is 0 Å². The Bertz CT molecular complexity index is 560. The van der Waals surface area contributed by atoms with Gasteiger partial charge in [0.2, 0.25) is 0 Å². The van der Waals surface area contributed by atoms with E-state index in [1.807, 2.05) is 24.3 Å². The first-order valence-electron chi connectivity index (χ1n) is 6.16. The number of aryl methyl sites for hydroxylation is 1. The van der Waals surface area contributed by atoms with E-state index < -0.39 is 0 Å². The van der Waals surface area contributed by atoms with Crippen molar-refractivity contribution in [3.63, 3.8) is 0 Å². The van der Waals surface area contributed by atoms with Crippen LogP contribution in [0.25, 0.3) is 0 Å². The maximum absolute atomic E-state index is 5.81. The van der Waals surface area contributed by atoms with Crippen molar-refractivity contribution in [2.45, 2.75) is 29.7 Å². The second-order valence-electron chi connectivity index (χ2n) is 4.08. The SMILES string of the molecule is CCCc1nc(N)cc(Sc2cccc(OC)c2)n1. The van der Waals surface area contributed by atoms with Gasteiger partial charge in [0.15, 0.2) is 0 Å². The van der Waals surface area contributed by atoms with E-state index in [0.717, 1.165) is 34.3 Å². The molecule has 2 rings (SSSR count). The number of benzene rings is 1. The number of anilines is 1. The van der Waals surface area contributed by atoms with Crippen LogP contribution >= 0.6 is 11.8 Å². The number of hydrogen-bond donors (Lipinski definition) is 1. The molecule has 19 heavy (non-hydrogen) atoms. The van der Waals surface area contributed by atoms with Crippen LogP contribution in [-0.4, -0.2) is 17.1 Å². The van der Waals surface area contributed by atoms with E-state index in [4.69, 9.17) is 10.5 Å². The second kappa shape index (κ2) is 6.43. The van der Waals surface area contributed by atoms with Crippen molar-refractivity contribution in [3.8, 4) is 5.75 Å². The van der Waals surface area contributed by atoms with E-state index in [2.05, 4.69) is 16.9 Å². The maximum atomic E-state index is 5.81. The van der Waals surface area contributed by atoms with Crippen molar-refractivity contribution in [1.82, 2.24) is 9.97 Å². The number of nitrogens with two attached hydrogens (primary N) is 1. The number of methoxy groups -OCH3 is 1. The minimum atomic E-state index is 0.517. The number of aromatic nitrogens is 2. The number of hydrogen-bond acceptors (Lipinski definition) is 5. The van der Waals surface area contributed by atoms with Crippen molar-refractivity contribution in [2.24, 2.45) is 0 Å². The lowest BCUT2D eigenvalue weighted by Crippen LogP contribution is -2.00. The van der Waals surface area contributed by atoms with E-state index in [1.54, 1.807) is 24.9 Å². The Morgan fingerprint density at radius 2 is 2.11 bits per heavy atom. The van der Waals surface area contributed by atoms with Gasteiger partial charge < -0.3 is 10.5 Å². The molecule has 1 heterocycles. The fraction of sp³-hybridized carbons (Fsp3) is 0.286. The number of nitrogen functional groups attached to an aromatic ring is 1. The first-order chi connectivity index (χ1) is 9.21. The molecule has 1 aromatic heterocycles. The summed E-state index contributed by atoms with van der Waals surface area (Å²) in [4.78, 5) is 9.80. The molecule has 0 saturated carbocycles. The minimum Gasteiger partial charge on any atom is -0.497 e. The predicted octanol–water partition coefficient (Wildman–Crippen LogP) is 3.17. The molecule has 0 spiro atoms. The molecule has 1 aromatic carbocycles. The molecule has 5 heteroatoms. The van der Waals surface area contributed by atoms with Gasteiger partial charge in [0.25, 0.3) is 0 Å². The Kier molecular flexibility index (Phi) is 4.63. The highest BCUT2D eigenvalue weighted by Crippen LogP contribution is 2.29. The van der Waals surface area contributed by atoms with Gasteiger partial charge in [0, 0.05) is 17.4 Å². The maximum Gasteiger partial charge on any atom is 0.132 e. The highest BCUT2D eigenvalue weighted by Gasteiger charge is 2.05. The van der Waals surface area contributed by atoms with E-state index in [-0.39, 0.29) is 0 Å². The topological polar surface area (TPSA) is 61.0 Å². The lowest BCUT2D eigenvalue weighted by molar-refractivity contribution is 0.413. The fourth-order valence-corrected chi connectivity index (χ4v) is 2.56. The van der Waals surface area contributed by atoms with Crippen LogP contribution < -0.4 is 10.5 Å². The molecular weight excluding hydrogens is 258 g/mol. The van der Waals surface area contributed by atoms with Gasteiger partial charge in [-0.05, 0) is 24.6 Å². The summed E-state index contributed by atoms with van der Waals surface area (Å²) in [6.45, 7) is 2.10. The fourth-order valence-electron chi connectivity index (χ4n) is 1.67. The molecule has 4 nitrogen and oxygen atoms in total. The zero-order valence-corrected chi connectivity index (χ0v) is 11.9. The first-order valence-corrected chi connectivity index (χ1v) is 6.98. The number of nitrogens with zero attached hydrogens (tertiary/aromatic N) is 2. The molecular formula is C14H17N3OS. The van der Waals surface area contributed by atoms with Gasteiger partial charge >= 0.3 is 0 Å². The summed E-state index contributed by atoms with van der Waals surface area (Å²) >= 11 is 1.56. The molecule has 0 aliphatic heterocycles. The summed E-state index contributed by atoms with van der Waals surface area (Å²) < 4.78 is 5.21. The van der Waals surface area contributed by atoms with Gasteiger partial charge in [-0.15, -0.1) is 0 Å². The normalized spacial score (nSPS) is 10.4. The largest absolute Gasteiger partial charge is 0.497 e. The van der Waals surface area contributed by atoms with Gasteiger partial charge in [-0.2, -0.15) is 0 Å². The molecule has 0 aliphatic carbocycles. The minimum absolute atomic E-state index is 0.517. The monoisotopic (exact) mass is 275 g/mol. The molecule has 2 aromatic rings. The summed E-state index contributed by atoms with van der Waals surface area (Å²) in [5.41, 5.74) is 5.81. The molecule has 0 atom stereocenters. The van der Waals surface area contributed by atoms with Crippen LogP contribution in [0.1, 0.15) is 19.2 Å². The Balaban J connectivity index is 2.22. The molecule has 100 valence electrons. The molecule has 0 unspecified atom stereocenters. The van der Waals surface area contributed by atoms with Crippen molar-refractivity contribution >= 4 is 17.6 Å². The third-order valence-electron chi connectivity index (χ3n) is 2.51.